The van der Waals surface area contributed by atoms with Crippen LogP contribution in [0.25, 0.3) is 0 Å². The molecule has 0 bridgehead atoms. The maximum Gasteiger partial charge on any atom is 0.223 e. The van der Waals surface area contributed by atoms with Crippen LogP contribution in [-0.2, 0) is 4.79 Å². The number of nitrogens with two attached hydrogens (primary N) is 2. The Balaban J connectivity index is 2.48. The summed E-state index contributed by atoms with van der Waals surface area (Å²) in [5.74, 6) is 0.156. The number of nitrogens with one attached hydrogen (secondary N) is 1. The molecule has 1 fully saturated rings. The Kier molecular flexibility index (Phi) is 3.73. The van der Waals surface area contributed by atoms with Crippen LogP contribution in [-0.4, -0.2) is 23.5 Å². The van der Waals surface area contributed by atoms with Crippen molar-refractivity contribution in [2.24, 2.45) is 17.4 Å². The second-order valence-electron chi connectivity index (χ2n) is 5.58. The minimum absolute atomic E-state index is 0.0329. The zero-order valence-electron chi connectivity index (χ0n) is 9.92. The van der Waals surface area contributed by atoms with Crippen LogP contribution in [0, 0.1) is 5.92 Å². The van der Waals surface area contributed by atoms with Gasteiger partial charge in [0.05, 0.1) is 0 Å². The van der Waals surface area contributed by atoms with Crippen LogP contribution in [0.2, 0.25) is 0 Å². The topological polar surface area (TPSA) is 81.1 Å². The van der Waals surface area contributed by atoms with Crippen LogP contribution in [0.15, 0.2) is 0 Å². The molecule has 0 radical (unpaired) electrons. The molecule has 4 heteroatoms. The number of amides is 1. The second-order valence-corrected chi connectivity index (χ2v) is 5.58. The molecule has 5 N–H and O–H groups in total. The van der Waals surface area contributed by atoms with Crippen molar-refractivity contribution in [2.75, 3.05) is 0 Å². The largest absolute Gasteiger partial charge is 0.351 e. The van der Waals surface area contributed by atoms with Crippen molar-refractivity contribution in [3.05, 3.63) is 0 Å². The average molecular weight is 213 g/mol. The Labute approximate surface area is 91.8 Å². The van der Waals surface area contributed by atoms with Crippen LogP contribution in [0.3, 0.4) is 0 Å². The Morgan fingerprint density at radius 1 is 1.20 bits per heavy atom. The predicted molar refractivity (Wildman–Crippen MR) is 61.2 cm³/mol. The van der Waals surface area contributed by atoms with E-state index >= 15 is 0 Å². The molecule has 0 aromatic heterocycles. The molecule has 4 nitrogen and oxygen atoms in total. The van der Waals surface area contributed by atoms with Crippen molar-refractivity contribution in [1.82, 2.24) is 5.32 Å². The van der Waals surface area contributed by atoms with Crippen molar-refractivity contribution in [3.63, 3.8) is 0 Å². The average Bonchev–Trinajstić information content (AvgIpc) is 2.06. The Bertz CT molecular complexity index is 234. The Morgan fingerprint density at radius 3 is 2.27 bits per heavy atom. The molecule has 0 aromatic carbocycles. The lowest BCUT2D eigenvalue weighted by Gasteiger charge is -2.32. The first-order valence-electron chi connectivity index (χ1n) is 5.63. The summed E-state index contributed by atoms with van der Waals surface area (Å²) in [6.45, 7) is 5.96. The highest BCUT2D eigenvalue weighted by Crippen LogP contribution is 2.23. The molecule has 1 aliphatic carbocycles. The van der Waals surface area contributed by atoms with E-state index < -0.39 is 0 Å². The summed E-state index contributed by atoms with van der Waals surface area (Å²) in [6, 6.07) is 0.0261. The van der Waals surface area contributed by atoms with E-state index in [1.165, 1.54) is 0 Å². The molecule has 0 spiro atoms. The fraction of sp³-hybridized carbons (Fsp3) is 0.909. The molecule has 0 aliphatic heterocycles. The lowest BCUT2D eigenvalue weighted by molar-refractivity contribution is -0.127. The molecule has 88 valence electrons. The molecule has 1 amide bonds. The van der Waals surface area contributed by atoms with E-state index in [9.17, 15) is 4.79 Å². The van der Waals surface area contributed by atoms with Gasteiger partial charge >= 0.3 is 0 Å². The predicted octanol–water partition coefficient (Wildman–Crippen LogP) is 0.356. The highest BCUT2D eigenvalue weighted by Gasteiger charge is 2.31. The Morgan fingerprint density at radius 2 is 1.80 bits per heavy atom. The first-order valence-corrected chi connectivity index (χ1v) is 5.63. The molecule has 0 heterocycles. The van der Waals surface area contributed by atoms with Gasteiger partial charge in [-0.15, -0.1) is 0 Å². The van der Waals surface area contributed by atoms with Gasteiger partial charge in [-0.25, -0.2) is 0 Å². The van der Waals surface area contributed by atoms with Crippen molar-refractivity contribution < 1.29 is 4.79 Å². The van der Waals surface area contributed by atoms with Gasteiger partial charge in [-0.1, -0.05) is 0 Å². The summed E-state index contributed by atoms with van der Waals surface area (Å²) in [7, 11) is 0. The Hall–Kier alpha value is -0.610. The second kappa shape index (κ2) is 4.49. The van der Waals surface area contributed by atoms with Crippen LogP contribution >= 0.6 is 0 Å². The molecular formula is C11H23N3O. The van der Waals surface area contributed by atoms with Crippen LogP contribution in [0.5, 0.6) is 0 Å². The fourth-order valence-corrected chi connectivity index (χ4v) is 1.94. The highest BCUT2D eigenvalue weighted by molar-refractivity contribution is 5.79. The SMILES string of the molecule is CC(C)(C)NC(=O)[C@H]1CC[C@H](N)[C@H](N)C1. The third-order valence-electron chi connectivity index (χ3n) is 2.82. The van der Waals surface area contributed by atoms with Crippen LogP contribution < -0.4 is 16.8 Å². The number of rotatable bonds is 1. The smallest absolute Gasteiger partial charge is 0.223 e. The van der Waals surface area contributed by atoms with Gasteiger partial charge in [0.2, 0.25) is 5.91 Å². The van der Waals surface area contributed by atoms with Gasteiger partial charge in [0.15, 0.2) is 0 Å². The molecule has 0 aromatic rings. The van der Waals surface area contributed by atoms with Crippen molar-refractivity contribution >= 4 is 5.91 Å². The maximum atomic E-state index is 11.9. The zero-order chi connectivity index (χ0) is 11.6. The van der Waals surface area contributed by atoms with E-state index in [2.05, 4.69) is 5.32 Å². The quantitative estimate of drug-likeness (QED) is 0.588. The third-order valence-corrected chi connectivity index (χ3v) is 2.82. The first-order chi connectivity index (χ1) is 6.79. The van der Waals surface area contributed by atoms with Gasteiger partial charge < -0.3 is 16.8 Å². The number of hydrogen-bond acceptors (Lipinski definition) is 3. The summed E-state index contributed by atoms with van der Waals surface area (Å²) in [4.78, 5) is 11.9. The van der Waals surface area contributed by atoms with Crippen molar-refractivity contribution in [1.29, 1.82) is 0 Å². The standard InChI is InChI=1S/C11H23N3O/c1-11(2,3)14-10(15)7-4-5-8(12)9(13)6-7/h7-9H,4-6,12-13H2,1-3H3,(H,14,15)/t7-,8-,9+/m0/s1. The van der Waals surface area contributed by atoms with Gasteiger partial charge in [-0.05, 0) is 40.0 Å². The van der Waals surface area contributed by atoms with Gasteiger partial charge in [0, 0.05) is 23.5 Å². The molecule has 0 unspecified atom stereocenters. The number of carbonyl (C=O) groups is 1. The van der Waals surface area contributed by atoms with E-state index in [4.69, 9.17) is 11.5 Å². The van der Waals surface area contributed by atoms with Crippen molar-refractivity contribution in [3.8, 4) is 0 Å². The monoisotopic (exact) mass is 213 g/mol. The summed E-state index contributed by atoms with van der Waals surface area (Å²) >= 11 is 0. The highest BCUT2D eigenvalue weighted by atomic mass is 16.2. The summed E-state index contributed by atoms with van der Waals surface area (Å²) < 4.78 is 0. The molecule has 1 saturated carbocycles. The number of carbonyl (C=O) groups excluding carboxylic acids is 1. The van der Waals surface area contributed by atoms with Crippen LogP contribution in [0.1, 0.15) is 40.0 Å². The normalized spacial score (nSPS) is 32.5. The summed E-state index contributed by atoms with van der Waals surface area (Å²) in [5, 5.41) is 2.99. The van der Waals surface area contributed by atoms with E-state index in [1.807, 2.05) is 20.8 Å². The van der Waals surface area contributed by atoms with E-state index in [1.54, 1.807) is 0 Å². The van der Waals surface area contributed by atoms with Gasteiger partial charge in [0.25, 0.3) is 0 Å². The number of hydrogen-bond donors (Lipinski definition) is 3. The molecular weight excluding hydrogens is 190 g/mol. The van der Waals surface area contributed by atoms with E-state index in [0.29, 0.717) is 6.42 Å². The molecule has 1 rings (SSSR count). The van der Waals surface area contributed by atoms with Gasteiger partial charge in [0.1, 0.15) is 0 Å². The third kappa shape index (κ3) is 3.80. The van der Waals surface area contributed by atoms with Crippen molar-refractivity contribution in [2.45, 2.75) is 57.7 Å². The van der Waals surface area contributed by atoms with E-state index in [-0.39, 0.29) is 29.4 Å². The molecule has 0 saturated heterocycles. The lowest BCUT2D eigenvalue weighted by atomic mass is 9.82. The first kappa shape index (κ1) is 12.5. The lowest BCUT2D eigenvalue weighted by Crippen LogP contribution is -2.51. The van der Waals surface area contributed by atoms with E-state index in [0.717, 1.165) is 12.8 Å². The minimum atomic E-state index is -0.166. The summed E-state index contributed by atoms with van der Waals surface area (Å²) in [6.07, 6.45) is 2.42. The molecule has 15 heavy (non-hydrogen) atoms. The zero-order valence-corrected chi connectivity index (χ0v) is 9.92. The molecule has 1 aliphatic rings. The maximum absolute atomic E-state index is 11.9. The van der Waals surface area contributed by atoms with Crippen LogP contribution in [0.4, 0.5) is 0 Å². The molecule has 3 atom stereocenters. The fourth-order valence-electron chi connectivity index (χ4n) is 1.94. The van der Waals surface area contributed by atoms with Gasteiger partial charge in [-0.2, -0.15) is 0 Å². The minimum Gasteiger partial charge on any atom is -0.351 e. The summed E-state index contributed by atoms with van der Waals surface area (Å²) in [5.41, 5.74) is 11.5. The van der Waals surface area contributed by atoms with Gasteiger partial charge in [-0.3, -0.25) is 4.79 Å².